The number of anilines is 1. The number of quaternary nitrogens is 1. The van der Waals surface area contributed by atoms with E-state index < -0.39 is 23.6 Å². The van der Waals surface area contributed by atoms with Crippen molar-refractivity contribution in [3.8, 4) is 0 Å². The van der Waals surface area contributed by atoms with Gasteiger partial charge in [0.2, 0.25) is 0 Å². The second kappa shape index (κ2) is 6.36. The van der Waals surface area contributed by atoms with Gasteiger partial charge in [0.25, 0.3) is 0 Å². The zero-order valence-electron chi connectivity index (χ0n) is 13.1. The smallest absolute Gasteiger partial charge is 0.365 e. The van der Waals surface area contributed by atoms with Crippen LogP contribution < -0.4 is 10.2 Å². The van der Waals surface area contributed by atoms with Crippen LogP contribution in [0, 0.1) is 0 Å². The lowest BCUT2D eigenvalue weighted by atomic mass is 10.1. The maximum atomic E-state index is 13.1. The third-order valence-corrected chi connectivity index (χ3v) is 4.18. The van der Waals surface area contributed by atoms with Gasteiger partial charge in [0, 0.05) is 24.0 Å². The van der Waals surface area contributed by atoms with Crippen molar-refractivity contribution in [2.75, 3.05) is 31.1 Å². The standard InChI is InChI=1S/C16H15F6N3/c17-15(18,19)10-2-3-12-11(8-10)13(9-14(24-12)16(20,21)22)25-6-1-4-23-5-7-25/h2-3,8-9,23H,1,4-7H2/p+1. The highest BCUT2D eigenvalue weighted by atomic mass is 19.4. The number of nitrogens with zero attached hydrogens (tertiary/aromatic N) is 2. The van der Waals surface area contributed by atoms with Crippen LogP contribution in [0.4, 0.5) is 32.0 Å². The van der Waals surface area contributed by atoms with Gasteiger partial charge in [0.1, 0.15) is 5.69 Å². The van der Waals surface area contributed by atoms with Crippen molar-refractivity contribution in [1.82, 2.24) is 4.98 Å². The number of alkyl halides is 6. The van der Waals surface area contributed by atoms with Gasteiger partial charge >= 0.3 is 12.4 Å². The molecular weight excluding hydrogens is 348 g/mol. The van der Waals surface area contributed by atoms with Gasteiger partial charge in [-0.3, -0.25) is 0 Å². The summed E-state index contributed by atoms with van der Waals surface area (Å²) < 4.78 is 78.4. The third-order valence-electron chi connectivity index (χ3n) is 4.18. The molecule has 2 aromatic rings. The molecule has 136 valence electrons. The van der Waals surface area contributed by atoms with Crippen LogP contribution in [0.3, 0.4) is 0 Å². The molecule has 0 saturated carbocycles. The predicted octanol–water partition coefficient (Wildman–Crippen LogP) is 3.05. The highest BCUT2D eigenvalue weighted by Gasteiger charge is 2.35. The van der Waals surface area contributed by atoms with E-state index in [1.165, 1.54) is 0 Å². The van der Waals surface area contributed by atoms with Gasteiger partial charge in [-0.05, 0) is 24.3 Å². The van der Waals surface area contributed by atoms with E-state index in [4.69, 9.17) is 0 Å². The van der Waals surface area contributed by atoms with E-state index >= 15 is 0 Å². The fourth-order valence-electron chi connectivity index (χ4n) is 2.96. The summed E-state index contributed by atoms with van der Waals surface area (Å²) in [7, 11) is 0. The van der Waals surface area contributed by atoms with E-state index in [-0.39, 0.29) is 16.6 Å². The minimum absolute atomic E-state index is 0.0877. The fourth-order valence-corrected chi connectivity index (χ4v) is 2.96. The Bertz CT molecular complexity index is 761. The molecule has 0 unspecified atom stereocenters. The first-order valence-electron chi connectivity index (χ1n) is 7.82. The van der Waals surface area contributed by atoms with Crippen LogP contribution in [0.1, 0.15) is 17.7 Å². The molecule has 0 aliphatic carbocycles. The van der Waals surface area contributed by atoms with Crippen molar-refractivity contribution in [2.24, 2.45) is 0 Å². The molecule has 0 spiro atoms. The Morgan fingerprint density at radius 3 is 2.36 bits per heavy atom. The molecule has 1 fully saturated rings. The summed E-state index contributed by atoms with van der Waals surface area (Å²) in [6.45, 7) is 2.46. The molecule has 0 amide bonds. The summed E-state index contributed by atoms with van der Waals surface area (Å²) in [6.07, 6.45) is -8.49. The molecule has 2 N–H and O–H groups in total. The summed E-state index contributed by atoms with van der Waals surface area (Å²) in [5.74, 6) is 0. The summed E-state index contributed by atoms with van der Waals surface area (Å²) in [5, 5.41) is 2.12. The first-order chi connectivity index (χ1) is 11.7. The van der Waals surface area contributed by atoms with E-state index in [9.17, 15) is 26.3 Å². The molecular formula is C16H16F6N3+. The van der Waals surface area contributed by atoms with Crippen LogP contribution in [-0.2, 0) is 12.4 Å². The van der Waals surface area contributed by atoms with Crippen LogP contribution in [0.5, 0.6) is 0 Å². The van der Waals surface area contributed by atoms with Gasteiger partial charge in [0.15, 0.2) is 0 Å². The maximum absolute atomic E-state index is 13.1. The number of hydrogen-bond acceptors (Lipinski definition) is 2. The highest BCUT2D eigenvalue weighted by molar-refractivity contribution is 5.92. The Kier molecular flexibility index (Phi) is 4.52. The van der Waals surface area contributed by atoms with Gasteiger partial charge < -0.3 is 10.2 Å². The molecule has 3 rings (SSSR count). The molecule has 0 atom stereocenters. The minimum atomic E-state index is -4.66. The number of hydrogen-bond donors (Lipinski definition) is 1. The SMILES string of the molecule is FC(F)(F)c1ccc2nc(C(F)(F)F)cc(N3CCC[NH2+]CC3)c2c1. The van der Waals surface area contributed by atoms with Gasteiger partial charge in [-0.1, -0.05) is 0 Å². The average Bonchev–Trinajstić information content (AvgIpc) is 2.80. The van der Waals surface area contributed by atoms with Crippen molar-refractivity contribution in [3.63, 3.8) is 0 Å². The second-order valence-corrected chi connectivity index (χ2v) is 5.96. The second-order valence-electron chi connectivity index (χ2n) is 5.96. The molecule has 2 heterocycles. The Morgan fingerprint density at radius 2 is 1.68 bits per heavy atom. The van der Waals surface area contributed by atoms with Crippen molar-refractivity contribution in [2.45, 2.75) is 18.8 Å². The van der Waals surface area contributed by atoms with E-state index in [2.05, 4.69) is 4.98 Å². The maximum Gasteiger partial charge on any atom is 0.433 e. The lowest BCUT2D eigenvalue weighted by Crippen LogP contribution is -2.84. The fraction of sp³-hybridized carbons (Fsp3) is 0.438. The molecule has 1 aromatic carbocycles. The lowest BCUT2D eigenvalue weighted by Gasteiger charge is -2.24. The zero-order chi connectivity index (χ0) is 18.2. The summed E-state index contributed by atoms with van der Waals surface area (Å²) in [5.41, 5.74) is -1.93. The number of nitrogens with two attached hydrogens (primary N) is 1. The van der Waals surface area contributed by atoms with E-state index in [0.717, 1.165) is 37.2 Å². The molecule has 3 nitrogen and oxygen atoms in total. The van der Waals surface area contributed by atoms with Gasteiger partial charge in [0.05, 0.1) is 30.7 Å². The van der Waals surface area contributed by atoms with E-state index in [0.29, 0.717) is 19.6 Å². The van der Waals surface area contributed by atoms with Crippen LogP contribution in [-0.4, -0.2) is 31.2 Å². The molecule has 1 aliphatic rings. The van der Waals surface area contributed by atoms with E-state index in [1.54, 1.807) is 4.90 Å². The molecule has 1 aromatic heterocycles. The number of benzene rings is 1. The first kappa shape index (κ1) is 17.8. The van der Waals surface area contributed by atoms with Gasteiger partial charge in [-0.25, -0.2) is 4.98 Å². The van der Waals surface area contributed by atoms with Crippen molar-refractivity contribution in [1.29, 1.82) is 0 Å². The third kappa shape index (κ3) is 3.81. The molecule has 1 aliphatic heterocycles. The van der Waals surface area contributed by atoms with E-state index in [1.807, 2.05) is 5.32 Å². The highest BCUT2D eigenvalue weighted by Crippen LogP contribution is 2.37. The van der Waals surface area contributed by atoms with Crippen molar-refractivity contribution >= 4 is 16.6 Å². The minimum Gasteiger partial charge on any atom is -0.365 e. The molecule has 1 saturated heterocycles. The number of pyridine rings is 1. The zero-order valence-corrected chi connectivity index (χ0v) is 13.1. The van der Waals surface area contributed by atoms with Crippen LogP contribution in [0.25, 0.3) is 10.9 Å². The number of aromatic nitrogens is 1. The molecule has 0 radical (unpaired) electrons. The molecule has 0 bridgehead atoms. The quantitative estimate of drug-likeness (QED) is 0.789. The Labute approximate surface area is 139 Å². The first-order valence-corrected chi connectivity index (χ1v) is 7.82. The summed E-state index contributed by atoms with van der Waals surface area (Å²) in [6, 6.07) is 3.50. The lowest BCUT2D eigenvalue weighted by molar-refractivity contribution is -0.650. The summed E-state index contributed by atoms with van der Waals surface area (Å²) >= 11 is 0. The Hall–Kier alpha value is -2.03. The van der Waals surface area contributed by atoms with Crippen LogP contribution in [0.2, 0.25) is 0 Å². The predicted molar refractivity (Wildman–Crippen MR) is 80.2 cm³/mol. The molecule has 9 heteroatoms. The molecule has 25 heavy (non-hydrogen) atoms. The largest absolute Gasteiger partial charge is 0.433 e. The Morgan fingerprint density at radius 1 is 0.920 bits per heavy atom. The number of fused-ring (bicyclic) bond motifs is 1. The van der Waals surface area contributed by atoms with Gasteiger partial charge in [-0.15, -0.1) is 0 Å². The Balaban J connectivity index is 2.21. The normalized spacial score (nSPS) is 17.0. The topological polar surface area (TPSA) is 32.7 Å². The average molecular weight is 364 g/mol. The van der Waals surface area contributed by atoms with Crippen molar-refractivity contribution < 1.29 is 31.7 Å². The van der Waals surface area contributed by atoms with Crippen LogP contribution in [0.15, 0.2) is 24.3 Å². The van der Waals surface area contributed by atoms with Crippen molar-refractivity contribution in [3.05, 3.63) is 35.5 Å². The number of rotatable bonds is 1. The van der Waals surface area contributed by atoms with Crippen LogP contribution >= 0.6 is 0 Å². The summed E-state index contributed by atoms with van der Waals surface area (Å²) in [4.78, 5) is 5.23. The monoisotopic (exact) mass is 364 g/mol. The van der Waals surface area contributed by atoms with Gasteiger partial charge in [-0.2, -0.15) is 26.3 Å². The number of halogens is 6.